The lowest BCUT2D eigenvalue weighted by Crippen LogP contribution is -2.13. The van der Waals surface area contributed by atoms with Crippen LogP contribution in [0.4, 0.5) is 0 Å². The first-order valence-corrected chi connectivity index (χ1v) is 4.58. The van der Waals surface area contributed by atoms with Gasteiger partial charge >= 0.3 is 0 Å². The summed E-state index contributed by atoms with van der Waals surface area (Å²) in [5.41, 5.74) is 2.12. The molecule has 2 rings (SSSR count). The fraction of sp³-hybridized carbons (Fsp3) is 0.364. The molecule has 2 heteroatoms. The summed E-state index contributed by atoms with van der Waals surface area (Å²) in [7, 11) is 2.07. The summed E-state index contributed by atoms with van der Waals surface area (Å²) in [4.78, 5) is 2.19. The SMILES string of the molecule is CN1CC(=N)[C@H](c2ccccc2)C1. The molecule has 1 N–H and O–H groups in total. The van der Waals surface area contributed by atoms with Crippen LogP contribution in [-0.2, 0) is 0 Å². The van der Waals surface area contributed by atoms with Gasteiger partial charge in [-0.2, -0.15) is 0 Å². The molecule has 0 amide bonds. The summed E-state index contributed by atoms with van der Waals surface area (Å²) in [6.45, 7) is 1.81. The van der Waals surface area contributed by atoms with E-state index in [9.17, 15) is 0 Å². The van der Waals surface area contributed by atoms with Crippen molar-refractivity contribution in [3.05, 3.63) is 35.9 Å². The van der Waals surface area contributed by atoms with Gasteiger partial charge in [0, 0.05) is 24.7 Å². The third-order valence-corrected chi connectivity index (χ3v) is 2.56. The van der Waals surface area contributed by atoms with Crippen molar-refractivity contribution in [3.8, 4) is 0 Å². The second kappa shape index (κ2) is 3.30. The zero-order chi connectivity index (χ0) is 9.26. The summed E-state index contributed by atoms with van der Waals surface area (Å²) >= 11 is 0. The van der Waals surface area contributed by atoms with Gasteiger partial charge in [0.2, 0.25) is 0 Å². The standard InChI is InChI=1S/C11H14N2/c1-13-7-10(11(12)8-13)9-5-3-2-4-6-9/h2-6,10,12H,7-8H2,1H3/t10-/m0/s1. The van der Waals surface area contributed by atoms with Gasteiger partial charge in [-0.3, -0.25) is 4.90 Å². The highest BCUT2D eigenvalue weighted by Crippen LogP contribution is 2.22. The Morgan fingerprint density at radius 3 is 2.54 bits per heavy atom. The van der Waals surface area contributed by atoms with Gasteiger partial charge in [0.15, 0.2) is 0 Å². The van der Waals surface area contributed by atoms with E-state index < -0.39 is 0 Å². The van der Waals surface area contributed by atoms with Crippen LogP contribution < -0.4 is 0 Å². The van der Waals surface area contributed by atoms with E-state index in [1.54, 1.807) is 0 Å². The Balaban J connectivity index is 2.23. The number of hydrogen-bond donors (Lipinski definition) is 1. The number of likely N-dealkylation sites (N-methyl/N-ethyl adjacent to an activating group) is 1. The average Bonchev–Trinajstić information content (AvgIpc) is 2.47. The molecule has 0 aromatic heterocycles. The smallest absolute Gasteiger partial charge is 0.0364 e. The number of benzene rings is 1. The number of rotatable bonds is 1. The molecule has 68 valence electrons. The van der Waals surface area contributed by atoms with Crippen molar-refractivity contribution in [2.45, 2.75) is 5.92 Å². The van der Waals surface area contributed by atoms with Gasteiger partial charge in [-0.1, -0.05) is 30.3 Å². The van der Waals surface area contributed by atoms with E-state index in [2.05, 4.69) is 24.1 Å². The van der Waals surface area contributed by atoms with E-state index in [0.717, 1.165) is 18.8 Å². The molecule has 1 fully saturated rings. The van der Waals surface area contributed by atoms with Crippen LogP contribution in [0.25, 0.3) is 0 Å². The van der Waals surface area contributed by atoms with E-state index in [0.29, 0.717) is 5.92 Å². The highest BCUT2D eigenvalue weighted by atomic mass is 15.1. The molecule has 13 heavy (non-hydrogen) atoms. The first kappa shape index (κ1) is 8.45. The first-order valence-electron chi connectivity index (χ1n) is 4.58. The van der Waals surface area contributed by atoms with E-state index in [1.807, 2.05) is 18.2 Å². The van der Waals surface area contributed by atoms with Gasteiger partial charge in [0.25, 0.3) is 0 Å². The normalized spacial score (nSPS) is 23.8. The molecule has 2 nitrogen and oxygen atoms in total. The second-order valence-electron chi connectivity index (χ2n) is 3.69. The zero-order valence-electron chi connectivity index (χ0n) is 7.83. The maximum Gasteiger partial charge on any atom is 0.0364 e. The molecular weight excluding hydrogens is 160 g/mol. The Bertz CT molecular complexity index is 305. The molecule has 1 aliphatic rings. The molecular formula is C11H14N2. The Kier molecular flexibility index (Phi) is 2.15. The van der Waals surface area contributed by atoms with Gasteiger partial charge in [0.1, 0.15) is 0 Å². The van der Waals surface area contributed by atoms with Crippen molar-refractivity contribution in [2.24, 2.45) is 0 Å². The summed E-state index contributed by atoms with van der Waals surface area (Å²) in [5, 5.41) is 7.83. The maximum atomic E-state index is 7.83. The fourth-order valence-corrected chi connectivity index (χ4v) is 1.88. The molecule has 1 heterocycles. The van der Waals surface area contributed by atoms with Crippen LogP contribution in [0.5, 0.6) is 0 Å². The van der Waals surface area contributed by atoms with Crippen LogP contribution in [0.3, 0.4) is 0 Å². The fourth-order valence-electron chi connectivity index (χ4n) is 1.88. The monoisotopic (exact) mass is 174 g/mol. The van der Waals surface area contributed by atoms with Crippen LogP contribution in [0, 0.1) is 5.41 Å². The third-order valence-electron chi connectivity index (χ3n) is 2.56. The summed E-state index contributed by atoms with van der Waals surface area (Å²) in [6, 6.07) is 10.3. The van der Waals surface area contributed by atoms with E-state index >= 15 is 0 Å². The van der Waals surface area contributed by atoms with Crippen molar-refractivity contribution >= 4 is 5.71 Å². The van der Waals surface area contributed by atoms with Gasteiger partial charge in [0.05, 0.1) is 0 Å². The Hall–Kier alpha value is -1.15. The van der Waals surface area contributed by atoms with Crippen molar-refractivity contribution in [1.82, 2.24) is 4.90 Å². The minimum absolute atomic E-state index is 0.325. The highest BCUT2D eigenvalue weighted by molar-refractivity contribution is 5.92. The van der Waals surface area contributed by atoms with Crippen molar-refractivity contribution in [1.29, 1.82) is 5.41 Å². The summed E-state index contributed by atoms with van der Waals surface area (Å²) < 4.78 is 0. The van der Waals surface area contributed by atoms with Crippen molar-refractivity contribution in [3.63, 3.8) is 0 Å². The largest absolute Gasteiger partial charge is 0.308 e. The van der Waals surface area contributed by atoms with Crippen LogP contribution in [0.1, 0.15) is 11.5 Å². The Labute approximate surface area is 78.7 Å². The van der Waals surface area contributed by atoms with E-state index in [-0.39, 0.29) is 0 Å². The first-order chi connectivity index (χ1) is 6.27. The molecule has 1 aromatic rings. The topological polar surface area (TPSA) is 27.1 Å². The molecule has 0 spiro atoms. The quantitative estimate of drug-likeness (QED) is 0.689. The van der Waals surface area contributed by atoms with Crippen molar-refractivity contribution in [2.75, 3.05) is 20.1 Å². The van der Waals surface area contributed by atoms with Crippen LogP contribution in [0.15, 0.2) is 30.3 Å². The average molecular weight is 174 g/mol. The zero-order valence-corrected chi connectivity index (χ0v) is 7.83. The highest BCUT2D eigenvalue weighted by Gasteiger charge is 2.25. The van der Waals surface area contributed by atoms with Gasteiger partial charge in [-0.25, -0.2) is 0 Å². The van der Waals surface area contributed by atoms with Crippen LogP contribution in [-0.4, -0.2) is 30.7 Å². The second-order valence-corrected chi connectivity index (χ2v) is 3.69. The van der Waals surface area contributed by atoms with Crippen LogP contribution >= 0.6 is 0 Å². The number of nitrogens with zero attached hydrogens (tertiary/aromatic N) is 1. The minimum Gasteiger partial charge on any atom is -0.308 e. The Morgan fingerprint density at radius 1 is 1.31 bits per heavy atom. The lowest BCUT2D eigenvalue weighted by atomic mass is 9.97. The van der Waals surface area contributed by atoms with E-state index in [1.165, 1.54) is 5.56 Å². The molecule has 1 aliphatic heterocycles. The Morgan fingerprint density at radius 2 is 2.00 bits per heavy atom. The molecule has 0 bridgehead atoms. The third kappa shape index (κ3) is 1.63. The lowest BCUT2D eigenvalue weighted by molar-refractivity contribution is 0.417. The lowest BCUT2D eigenvalue weighted by Gasteiger charge is -2.09. The molecule has 0 radical (unpaired) electrons. The van der Waals surface area contributed by atoms with Gasteiger partial charge in [-0.15, -0.1) is 0 Å². The number of likely N-dealkylation sites (tertiary alicyclic amines) is 1. The molecule has 1 atom stereocenters. The molecule has 1 aromatic carbocycles. The molecule has 1 saturated heterocycles. The minimum atomic E-state index is 0.325. The summed E-state index contributed by atoms with van der Waals surface area (Å²) in [6.07, 6.45) is 0. The number of hydrogen-bond acceptors (Lipinski definition) is 2. The number of nitrogens with one attached hydrogen (secondary N) is 1. The summed E-state index contributed by atoms with van der Waals surface area (Å²) in [5.74, 6) is 0.325. The van der Waals surface area contributed by atoms with E-state index in [4.69, 9.17) is 5.41 Å². The molecule has 0 unspecified atom stereocenters. The molecule has 0 saturated carbocycles. The van der Waals surface area contributed by atoms with Gasteiger partial charge < -0.3 is 5.41 Å². The predicted molar refractivity (Wildman–Crippen MR) is 54.4 cm³/mol. The van der Waals surface area contributed by atoms with Crippen LogP contribution in [0.2, 0.25) is 0 Å². The van der Waals surface area contributed by atoms with Gasteiger partial charge in [-0.05, 0) is 12.6 Å². The molecule has 0 aliphatic carbocycles. The maximum absolute atomic E-state index is 7.83. The van der Waals surface area contributed by atoms with Crippen molar-refractivity contribution < 1.29 is 0 Å². The predicted octanol–water partition coefficient (Wildman–Crippen LogP) is 1.74.